The molecular weight excluding hydrogens is 617 g/mol. The molecule has 1 aromatic heterocycles. The van der Waals surface area contributed by atoms with Gasteiger partial charge in [0.2, 0.25) is 0 Å². The minimum Gasteiger partial charge on any atom is -0.455 e. The van der Waals surface area contributed by atoms with Gasteiger partial charge in [-0.05, 0) is 100.0 Å². The fraction of sp³-hybridized carbons (Fsp3) is 0. The summed E-state index contributed by atoms with van der Waals surface area (Å²) in [4.78, 5) is 0. The van der Waals surface area contributed by atoms with Crippen molar-refractivity contribution in [1.29, 1.82) is 0 Å². The lowest BCUT2D eigenvalue weighted by molar-refractivity contribution is 0.673. The Labute approximate surface area is 336 Å². The maximum atomic E-state index is 10.3. The molecule has 0 aliphatic carbocycles. The number of fused-ring (bicyclic) bond motifs is 10. The first-order chi connectivity index (χ1) is 37.8. The maximum absolute atomic E-state index is 10.3. The van der Waals surface area contributed by atoms with Gasteiger partial charge in [-0.1, -0.05) is 163 Å². The molecule has 1 nitrogen and oxygen atoms in total. The van der Waals surface area contributed by atoms with Crippen LogP contribution >= 0.6 is 0 Å². The van der Waals surface area contributed by atoms with E-state index in [9.17, 15) is 17.8 Å². The van der Waals surface area contributed by atoms with E-state index in [1.807, 2.05) is 0 Å². The monoisotopic (exact) mass is 676 g/mol. The molecule has 11 aromatic rings. The molecule has 0 radical (unpaired) electrons. The summed E-state index contributed by atoms with van der Waals surface area (Å²) in [6, 6.07) is -29.1. The fourth-order valence-corrected chi connectivity index (χ4v) is 6.50. The van der Waals surface area contributed by atoms with Gasteiger partial charge in [0.15, 0.2) is 0 Å². The molecule has 0 unspecified atom stereocenters. The van der Waals surface area contributed by atoms with E-state index in [0.717, 1.165) is 0 Å². The topological polar surface area (TPSA) is 13.1 Å². The molecular formula is C50H30O. The molecule has 1 heteroatoms. The van der Waals surface area contributed by atoms with Crippen molar-refractivity contribution in [2.24, 2.45) is 0 Å². The van der Waals surface area contributed by atoms with Gasteiger partial charge >= 0.3 is 0 Å². The van der Waals surface area contributed by atoms with Crippen LogP contribution in [0.3, 0.4) is 0 Å². The predicted molar refractivity (Wildman–Crippen MR) is 218 cm³/mol. The quantitative estimate of drug-likeness (QED) is 0.134. The third-order valence-electron chi connectivity index (χ3n) is 8.62. The predicted octanol–water partition coefficient (Wildman–Crippen LogP) is 14.4. The van der Waals surface area contributed by atoms with Crippen LogP contribution in [-0.4, -0.2) is 0 Å². The zero-order valence-corrected chi connectivity index (χ0v) is 25.4. The molecule has 10 aromatic carbocycles. The van der Waals surface area contributed by atoms with Crippen molar-refractivity contribution in [1.82, 2.24) is 0 Å². The molecule has 0 N–H and O–H groups in total. The highest BCUT2D eigenvalue weighted by Crippen LogP contribution is 2.49. The minimum absolute atomic E-state index is 0.508. The Morgan fingerprint density at radius 2 is 0.902 bits per heavy atom. The molecule has 236 valence electrons. The summed E-state index contributed by atoms with van der Waals surface area (Å²) in [6.45, 7) is 0. The molecule has 0 fully saturated rings. The van der Waals surface area contributed by atoms with E-state index in [-0.39, 0.29) is 0 Å². The Balaban J connectivity index is 1.55. The average Bonchev–Trinajstić information content (AvgIpc) is 2.19. The van der Waals surface area contributed by atoms with E-state index < -0.39 is 290 Å². The van der Waals surface area contributed by atoms with Crippen LogP contribution in [0.25, 0.3) is 109 Å². The first-order valence-electron chi connectivity index (χ1n) is 30.2. The molecule has 0 amide bonds. The number of furan rings is 1. The Hall–Kier alpha value is -6.70. The maximum Gasteiger partial charge on any atom is 0.143 e. The van der Waals surface area contributed by atoms with Crippen molar-refractivity contribution < 1.29 is 45.5 Å². The standard InChI is InChI=1S/C50H30O/c1-2-12-31(13-3-1)34-26-28-42-45(30-34)48(39-21-10-20-37-35-16-6-4-14-32(35)24-27-38(37)39)41-19-9-8-18-40(41)47(42)43-22-11-23-46-49(43)44-29-25-33-15-5-7-17-36(33)50(44)51-46/h1-30H/i1D,2D,3D,4D,5D,6D,7D,8D,9D,10D,11D,12D,13D,14D,15D,16D,17D,18D,19D,20D,21D,22D,23D,24D,25D,26D,27D,28D,29D,30D. The van der Waals surface area contributed by atoms with E-state index >= 15 is 0 Å². The zero-order valence-electron chi connectivity index (χ0n) is 55.4. The zero-order chi connectivity index (χ0) is 59.6. The summed E-state index contributed by atoms with van der Waals surface area (Å²) in [5.41, 5.74) is -6.40. The summed E-state index contributed by atoms with van der Waals surface area (Å²) in [5, 5.41) is -8.28. The lowest BCUT2D eigenvalue weighted by Gasteiger charge is -2.20. The second-order valence-electron chi connectivity index (χ2n) is 11.3. The fourth-order valence-electron chi connectivity index (χ4n) is 6.50. The van der Waals surface area contributed by atoms with E-state index in [4.69, 9.17) is 27.7 Å². The molecule has 11 rings (SSSR count). The van der Waals surface area contributed by atoms with Crippen molar-refractivity contribution >= 4 is 75.8 Å². The summed E-state index contributed by atoms with van der Waals surface area (Å²) in [6.07, 6.45) is 0. The second-order valence-corrected chi connectivity index (χ2v) is 11.3. The SMILES string of the molecule is [2H]c1c([2H])c([2H])c(-c2c([2H])c([2H])c3c(-c4c([2H])c([2H])c([2H])c5oc6c7c([2H])c([2H])c([2H])c([2H])c7c([2H])c([2H])c6c45)c4c([2H])c([2H])c([2H])c([2H])c4c(-c4c([2H])c([2H])c([2H])c5c4c([2H])c([2H])c4c([2H])c([2H])c([2H])c([2H])c45)c3c2[2H])c([2H])c1[2H]. The Morgan fingerprint density at radius 1 is 0.333 bits per heavy atom. The Kier molecular flexibility index (Phi) is 2.50. The van der Waals surface area contributed by atoms with Crippen LogP contribution in [0.15, 0.2) is 186 Å². The number of hydrogen-bond donors (Lipinski definition) is 0. The lowest BCUT2D eigenvalue weighted by Crippen LogP contribution is -1.93. The highest BCUT2D eigenvalue weighted by molar-refractivity contribution is 6.29. The van der Waals surface area contributed by atoms with Gasteiger partial charge in [-0.3, -0.25) is 0 Å². The summed E-state index contributed by atoms with van der Waals surface area (Å²) in [7, 11) is 0. The molecule has 0 bridgehead atoms. The second kappa shape index (κ2) is 10.9. The Bertz CT molecular complexity index is 4900. The molecule has 1 heterocycles. The van der Waals surface area contributed by atoms with Crippen LogP contribution < -0.4 is 0 Å². The van der Waals surface area contributed by atoms with Crippen molar-refractivity contribution in [3.8, 4) is 33.4 Å². The summed E-state index contributed by atoms with van der Waals surface area (Å²) < 4.78 is 281. The normalized spacial score (nSPS) is 20.2. The van der Waals surface area contributed by atoms with Crippen LogP contribution in [-0.2, 0) is 0 Å². The largest absolute Gasteiger partial charge is 0.455 e. The van der Waals surface area contributed by atoms with E-state index in [1.165, 1.54) is 0 Å². The minimum atomic E-state index is -1.15. The van der Waals surface area contributed by atoms with Crippen LogP contribution in [0.1, 0.15) is 41.1 Å². The molecule has 0 aliphatic heterocycles. The molecule has 0 spiro atoms. The van der Waals surface area contributed by atoms with Crippen molar-refractivity contribution in [2.75, 3.05) is 0 Å². The van der Waals surface area contributed by atoms with E-state index in [1.54, 1.807) is 0 Å². The number of hydrogen-bond acceptors (Lipinski definition) is 1. The Morgan fingerprint density at radius 3 is 1.71 bits per heavy atom. The third-order valence-corrected chi connectivity index (χ3v) is 8.62. The van der Waals surface area contributed by atoms with Gasteiger partial charge < -0.3 is 4.42 Å². The number of rotatable bonds is 3. The smallest absolute Gasteiger partial charge is 0.143 e. The van der Waals surface area contributed by atoms with Crippen LogP contribution in [0.2, 0.25) is 0 Å². The van der Waals surface area contributed by atoms with Crippen LogP contribution in [0.5, 0.6) is 0 Å². The molecule has 0 saturated heterocycles. The van der Waals surface area contributed by atoms with Gasteiger partial charge in [0.25, 0.3) is 0 Å². The van der Waals surface area contributed by atoms with Crippen molar-refractivity contribution in [2.45, 2.75) is 0 Å². The van der Waals surface area contributed by atoms with Gasteiger partial charge in [0.1, 0.15) is 11.2 Å². The van der Waals surface area contributed by atoms with Crippen molar-refractivity contribution in [3.05, 3.63) is 181 Å². The van der Waals surface area contributed by atoms with Gasteiger partial charge in [-0.15, -0.1) is 0 Å². The average molecular weight is 677 g/mol. The van der Waals surface area contributed by atoms with Gasteiger partial charge in [-0.25, -0.2) is 0 Å². The van der Waals surface area contributed by atoms with E-state index in [0.29, 0.717) is 0 Å². The summed E-state index contributed by atoms with van der Waals surface area (Å²) in [5.74, 6) is 0. The molecule has 0 atom stereocenters. The van der Waals surface area contributed by atoms with Gasteiger partial charge in [-0.2, -0.15) is 0 Å². The first-order valence-corrected chi connectivity index (χ1v) is 15.2. The highest BCUT2D eigenvalue weighted by atomic mass is 16.3. The molecule has 51 heavy (non-hydrogen) atoms. The van der Waals surface area contributed by atoms with E-state index in [2.05, 4.69) is 0 Å². The van der Waals surface area contributed by atoms with Gasteiger partial charge in [0, 0.05) is 16.2 Å². The third kappa shape index (κ3) is 4.16. The van der Waals surface area contributed by atoms with Crippen molar-refractivity contribution in [3.63, 3.8) is 0 Å². The molecule has 0 aliphatic rings. The van der Waals surface area contributed by atoms with Crippen LogP contribution in [0.4, 0.5) is 0 Å². The van der Waals surface area contributed by atoms with Gasteiger partial charge in [0.05, 0.1) is 41.1 Å². The number of benzene rings is 10. The molecule has 0 saturated carbocycles. The summed E-state index contributed by atoms with van der Waals surface area (Å²) >= 11 is 0. The van der Waals surface area contributed by atoms with Crippen LogP contribution in [0, 0.1) is 0 Å². The first kappa shape index (κ1) is 11.7. The lowest BCUT2D eigenvalue weighted by atomic mass is 9.82. The highest BCUT2D eigenvalue weighted by Gasteiger charge is 2.22.